The Morgan fingerprint density at radius 3 is 2.93 bits per heavy atom. The number of hydrogen-bond donors (Lipinski definition) is 1. The summed E-state index contributed by atoms with van der Waals surface area (Å²) in [5, 5.41) is 3.47. The highest BCUT2D eigenvalue weighted by Crippen LogP contribution is 2.25. The fourth-order valence-electron chi connectivity index (χ4n) is 1.41. The lowest BCUT2D eigenvalue weighted by Crippen LogP contribution is -2.15. The van der Waals surface area contributed by atoms with E-state index in [1.807, 2.05) is 12.1 Å². The lowest BCUT2D eigenvalue weighted by Gasteiger charge is -2.09. The van der Waals surface area contributed by atoms with Crippen LogP contribution in [0.3, 0.4) is 0 Å². The highest BCUT2D eigenvalue weighted by atomic mass is 79.9. The van der Waals surface area contributed by atoms with Gasteiger partial charge in [-0.2, -0.15) is 0 Å². The molecule has 76 valence electrons. The molecule has 1 aromatic rings. The van der Waals surface area contributed by atoms with E-state index in [4.69, 9.17) is 4.74 Å². The number of ether oxygens (including phenoxy) is 1. The molecular formula is C11H14BrNO. The Hall–Kier alpha value is -0.540. The van der Waals surface area contributed by atoms with Crippen LogP contribution in [-0.2, 0) is 6.54 Å². The van der Waals surface area contributed by atoms with Crippen LogP contribution in [0.2, 0.25) is 0 Å². The van der Waals surface area contributed by atoms with Crippen LogP contribution in [0.5, 0.6) is 5.75 Å². The van der Waals surface area contributed by atoms with E-state index in [2.05, 4.69) is 27.3 Å². The Morgan fingerprint density at radius 2 is 2.29 bits per heavy atom. The van der Waals surface area contributed by atoms with E-state index in [0.29, 0.717) is 0 Å². The van der Waals surface area contributed by atoms with Gasteiger partial charge < -0.3 is 10.1 Å². The van der Waals surface area contributed by atoms with E-state index < -0.39 is 0 Å². The summed E-state index contributed by atoms with van der Waals surface area (Å²) in [5.74, 6) is 0.951. The zero-order valence-electron chi connectivity index (χ0n) is 8.22. The van der Waals surface area contributed by atoms with E-state index in [0.717, 1.165) is 22.8 Å². The number of halogens is 1. The van der Waals surface area contributed by atoms with Crippen molar-refractivity contribution in [3.05, 3.63) is 28.2 Å². The van der Waals surface area contributed by atoms with Crippen LogP contribution in [0, 0.1) is 0 Å². The summed E-state index contributed by atoms with van der Waals surface area (Å²) < 4.78 is 6.37. The summed E-state index contributed by atoms with van der Waals surface area (Å²) in [5.41, 5.74) is 1.22. The smallest absolute Gasteiger partial charge is 0.124 e. The van der Waals surface area contributed by atoms with Gasteiger partial charge in [-0.3, -0.25) is 0 Å². The Labute approximate surface area is 92.8 Å². The molecule has 0 heterocycles. The van der Waals surface area contributed by atoms with Crippen molar-refractivity contribution in [1.29, 1.82) is 0 Å². The van der Waals surface area contributed by atoms with Crippen molar-refractivity contribution in [2.24, 2.45) is 0 Å². The summed E-state index contributed by atoms with van der Waals surface area (Å²) in [6.07, 6.45) is 2.64. The number of hydrogen-bond acceptors (Lipinski definition) is 2. The topological polar surface area (TPSA) is 21.3 Å². The Kier molecular flexibility index (Phi) is 3.08. The molecular weight excluding hydrogens is 242 g/mol. The fraction of sp³-hybridized carbons (Fsp3) is 0.455. The highest BCUT2D eigenvalue weighted by molar-refractivity contribution is 9.10. The molecule has 0 spiro atoms. The largest absolute Gasteiger partial charge is 0.496 e. The Balaban J connectivity index is 2.05. The second-order valence-electron chi connectivity index (χ2n) is 3.61. The molecule has 0 aliphatic heterocycles. The molecule has 0 saturated heterocycles. The van der Waals surface area contributed by atoms with Crippen molar-refractivity contribution in [1.82, 2.24) is 5.32 Å². The molecule has 0 bridgehead atoms. The van der Waals surface area contributed by atoms with Gasteiger partial charge in [0.15, 0.2) is 0 Å². The Morgan fingerprint density at radius 1 is 1.50 bits per heavy atom. The maximum Gasteiger partial charge on any atom is 0.124 e. The number of nitrogens with one attached hydrogen (secondary N) is 1. The van der Waals surface area contributed by atoms with Gasteiger partial charge in [-0.1, -0.05) is 22.0 Å². The molecule has 1 aliphatic carbocycles. The van der Waals surface area contributed by atoms with Crippen LogP contribution in [0.25, 0.3) is 0 Å². The zero-order chi connectivity index (χ0) is 9.97. The molecule has 14 heavy (non-hydrogen) atoms. The Bertz CT molecular complexity index is 323. The van der Waals surface area contributed by atoms with Gasteiger partial charge >= 0.3 is 0 Å². The van der Waals surface area contributed by atoms with E-state index in [9.17, 15) is 0 Å². The first kappa shape index (κ1) is 9.99. The fourth-order valence-corrected chi connectivity index (χ4v) is 1.75. The van der Waals surface area contributed by atoms with Crippen LogP contribution >= 0.6 is 15.9 Å². The standard InChI is InChI=1S/C11H14BrNO/c1-14-11-6-9(12)3-2-8(11)7-13-10-4-5-10/h2-3,6,10,13H,4-5,7H2,1H3. The third-order valence-corrected chi connectivity index (χ3v) is 2.90. The van der Waals surface area contributed by atoms with Crippen molar-refractivity contribution >= 4 is 15.9 Å². The molecule has 2 nitrogen and oxygen atoms in total. The van der Waals surface area contributed by atoms with Crippen LogP contribution in [0.1, 0.15) is 18.4 Å². The van der Waals surface area contributed by atoms with Crippen LogP contribution < -0.4 is 10.1 Å². The molecule has 1 aliphatic rings. The minimum atomic E-state index is 0.739. The van der Waals surface area contributed by atoms with Crippen molar-refractivity contribution < 1.29 is 4.74 Å². The second-order valence-corrected chi connectivity index (χ2v) is 4.53. The average Bonchev–Trinajstić information content (AvgIpc) is 2.99. The maximum absolute atomic E-state index is 5.31. The molecule has 0 atom stereocenters. The minimum Gasteiger partial charge on any atom is -0.496 e. The summed E-state index contributed by atoms with van der Waals surface area (Å²) in [4.78, 5) is 0. The van der Waals surface area contributed by atoms with Crippen LogP contribution in [-0.4, -0.2) is 13.2 Å². The molecule has 1 fully saturated rings. The third-order valence-electron chi connectivity index (χ3n) is 2.41. The maximum atomic E-state index is 5.31. The van der Waals surface area contributed by atoms with Gasteiger partial charge in [0.25, 0.3) is 0 Å². The van der Waals surface area contributed by atoms with E-state index in [1.54, 1.807) is 7.11 Å². The number of rotatable bonds is 4. The van der Waals surface area contributed by atoms with Gasteiger partial charge in [0.2, 0.25) is 0 Å². The van der Waals surface area contributed by atoms with Gasteiger partial charge in [-0.25, -0.2) is 0 Å². The van der Waals surface area contributed by atoms with Gasteiger partial charge in [0.1, 0.15) is 5.75 Å². The van der Waals surface area contributed by atoms with E-state index in [1.165, 1.54) is 18.4 Å². The van der Waals surface area contributed by atoms with Gasteiger partial charge in [0.05, 0.1) is 7.11 Å². The molecule has 1 saturated carbocycles. The van der Waals surface area contributed by atoms with Crippen molar-refractivity contribution in [3.8, 4) is 5.75 Å². The second kappa shape index (κ2) is 4.32. The first-order valence-electron chi connectivity index (χ1n) is 4.85. The monoisotopic (exact) mass is 255 g/mol. The average molecular weight is 256 g/mol. The van der Waals surface area contributed by atoms with Gasteiger partial charge in [-0.15, -0.1) is 0 Å². The molecule has 2 rings (SSSR count). The lowest BCUT2D eigenvalue weighted by molar-refractivity contribution is 0.407. The predicted molar refractivity (Wildman–Crippen MR) is 60.6 cm³/mol. The predicted octanol–water partition coefficient (Wildman–Crippen LogP) is 2.71. The lowest BCUT2D eigenvalue weighted by atomic mass is 10.2. The van der Waals surface area contributed by atoms with Crippen molar-refractivity contribution in [2.45, 2.75) is 25.4 Å². The van der Waals surface area contributed by atoms with Gasteiger partial charge in [0, 0.05) is 22.6 Å². The first-order valence-corrected chi connectivity index (χ1v) is 5.64. The zero-order valence-corrected chi connectivity index (χ0v) is 9.80. The summed E-state index contributed by atoms with van der Waals surface area (Å²) in [7, 11) is 1.71. The molecule has 0 radical (unpaired) electrons. The van der Waals surface area contributed by atoms with E-state index >= 15 is 0 Å². The molecule has 0 amide bonds. The van der Waals surface area contributed by atoms with Gasteiger partial charge in [-0.05, 0) is 25.0 Å². The minimum absolute atomic E-state index is 0.739. The summed E-state index contributed by atoms with van der Waals surface area (Å²) in [6.45, 7) is 0.904. The van der Waals surface area contributed by atoms with Crippen molar-refractivity contribution in [2.75, 3.05) is 7.11 Å². The summed E-state index contributed by atoms with van der Waals surface area (Å²) in [6, 6.07) is 6.89. The number of methoxy groups -OCH3 is 1. The molecule has 1 N–H and O–H groups in total. The SMILES string of the molecule is COc1cc(Br)ccc1CNC1CC1. The normalized spacial score (nSPS) is 15.6. The quantitative estimate of drug-likeness (QED) is 0.894. The van der Waals surface area contributed by atoms with Crippen LogP contribution in [0.15, 0.2) is 22.7 Å². The highest BCUT2D eigenvalue weighted by Gasteiger charge is 2.20. The molecule has 3 heteroatoms. The number of benzene rings is 1. The molecule has 0 aromatic heterocycles. The van der Waals surface area contributed by atoms with Crippen molar-refractivity contribution in [3.63, 3.8) is 0 Å². The van der Waals surface area contributed by atoms with E-state index in [-0.39, 0.29) is 0 Å². The molecule has 1 aromatic carbocycles. The molecule has 0 unspecified atom stereocenters. The summed E-state index contributed by atoms with van der Waals surface area (Å²) >= 11 is 3.43. The third kappa shape index (κ3) is 2.49. The van der Waals surface area contributed by atoms with Crippen LogP contribution in [0.4, 0.5) is 0 Å². The first-order chi connectivity index (χ1) is 6.79.